The summed E-state index contributed by atoms with van der Waals surface area (Å²) in [7, 11) is 0. The fraction of sp³-hybridized carbons (Fsp3) is 0.128. The normalized spacial score (nSPS) is 11.1. The minimum absolute atomic E-state index is 0. The minimum Gasteiger partial charge on any atom is -0.305 e. The number of thiophene rings is 1. The molecule has 0 amide bonds. The summed E-state index contributed by atoms with van der Waals surface area (Å²) in [6.45, 7) is 4.29. The Hall–Kier alpha value is -3.41. The second kappa shape index (κ2) is 13.7. The van der Waals surface area contributed by atoms with Gasteiger partial charge in [-0.2, -0.15) is 11.3 Å². The largest absolute Gasteiger partial charge is 0.305 e. The molecule has 4 aromatic carbocycles. The van der Waals surface area contributed by atoms with E-state index in [2.05, 4.69) is 132 Å². The first-order chi connectivity index (χ1) is 20.8. The van der Waals surface area contributed by atoms with Crippen LogP contribution in [0.15, 0.2) is 116 Å². The van der Waals surface area contributed by atoms with E-state index in [0.717, 1.165) is 22.5 Å². The standard InChI is InChI=1S/C24H16NS.C15H18GeN.Ir/c1-16-12-13-25-22(14-16)21-9-5-8-20-19-11-10-18(15-23(19)26-24(20)21)17-6-3-2-4-7-17;1-12-10-15(13-8-6-5-7-9-13)17-11-14(12)16(2,3)4;/h2-8,10-15H,1H3;5-8,10-11H,1-4H3;/q2*-1;. The Bertz CT molecular complexity index is 2030. The summed E-state index contributed by atoms with van der Waals surface area (Å²) >= 11 is 0.0540. The van der Waals surface area contributed by atoms with Crippen LogP contribution < -0.4 is 4.40 Å². The molecule has 0 unspecified atom stereocenters. The molecular weight excluding hydrogens is 793 g/mol. The summed E-state index contributed by atoms with van der Waals surface area (Å²) in [5.74, 6) is 7.20. The Morgan fingerprint density at radius 2 is 1.48 bits per heavy atom. The number of rotatable bonds is 4. The van der Waals surface area contributed by atoms with E-state index in [4.69, 9.17) is 0 Å². The van der Waals surface area contributed by atoms with Crippen molar-refractivity contribution in [2.24, 2.45) is 0 Å². The number of pyridine rings is 2. The molecule has 0 fully saturated rings. The first-order valence-corrected chi connectivity index (χ1v) is 22.7. The Labute approximate surface area is 281 Å². The number of fused-ring (bicyclic) bond motifs is 3. The molecule has 0 aliphatic rings. The number of nitrogens with zero attached hydrogens (tertiary/aromatic N) is 2. The third-order valence-electron chi connectivity index (χ3n) is 7.62. The molecule has 5 heteroatoms. The molecule has 7 rings (SSSR count). The monoisotopic (exact) mass is 829 g/mol. The summed E-state index contributed by atoms with van der Waals surface area (Å²) in [5, 5.41) is 2.58. The molecule has 0 aliphatic carbocycles. The van der Waals surface area contributed by atoms with Gasteiger partial charge in [-0.1, -0.05) is 59.5 Å². The molecule has 0 saturated carbocycles. The van der Waals surface area contributed by atoms with Crippen molar-refractivity contribution in [3.05, 3.63) is 139 Å². The molecule has 221 valence electrons. The van der Waals surface area contributed by atoms with Gasteiger partial charge in [-0.25, -0.2) is 0 Å². The van der Waals surface area contributed by atoms with Crippen LogP contribution in [0.4, 0.5) is 0 Å². The topological polar surface area (TPSA) is 25.8 Å². The van der Waals surface area contributed by atoms with E-state index in [-0.39, 0.29) is 20.1 Å². The van der Waals surface area contributed by atoms with Gasteiger partial charge in [-0.15, -0.1) is 23.8 Å². The molecule has 0 spiro atoms. The molecule has 0 aliphatic heterocycles. The van der Waals surface area contributed by atoms with Gasteiger partial charge in [0.05, 0.1) is 0 Å². The molecule has 0 N–H and O–H groups in total. The van der Waals surface area contributed by atoms with Crippen LogP contribution in [0.1, 0.15) is 11.1 Å². The fourth-order valence-electron chi connectivity index (χ4n) is 5.46. The summed E-state index contributed by atoms with van der Waals surface area (Å²) in [6.07, 6.45) is 3.95. The fourth-order valence-corrected chi connectivity index (χ4v) is 10.3. The summed E-state index contributed by atoms with van der Waals surface area (Å²) in [6, 6.07) is 42.4. The second-order valence-corrected chi connectivity index (χ2v) is 23.5. The van der Waals surface area contributed by atoms with Gasteiger partial charge in [0.25, 0.3) is 0 Å². The number of aryl methyl sites for hydroxylation is 2. The molecule has 0 bridgehead atoms. The molecule has 0 atom stereocenters. The van der Waals surface area contributed by atoms with E-state index in [0.29, 0.717) is 0 Å². The quantitative estimate of drug-likeness (QED) is 0.131. The predicted molar refractivity (Wildman–Crippen MR) is 188 cm³/mol. The molecule has 3 aromatic heterocycles. The van der Waals surface area contributed by atoms with Gasteiger partial charge in [0, 0.05) is 31.0 Å². The van der Waals surface area contributed by atoms with Gasteiger partial charge in [0.15, 0.2) is 0 Å². The van der Waals surface area contributed by atoms with E-state index >= 15 is 0 Å². The van der Waals surface area contributed by atoms with Crippen LogP contribution in [-0.2, 0) is 20.1 Å². The van der Waals surface area contributed by atoms with E-state index in [1.165, 1.54) is 46.8 Å². The van der Waals surface area contributed by atoms with Crippen LogP contribution in [0.5, 0.6) is 0 Å². The van der Waals surface area contributed by atoms with E-state index < -0.39 is 13.3 Å². The van der Waals surface area contributed by atoms with E-state index in [9.17, 15) is 0 Å². The summed E-state index contributed by atoms with van der Waals surface area (Å²) in [5.41, 5.74) is 9.27. The third kappa shape index (κ3) is 6.95. The zero-order chi connectivity index (χ0) is 30.0. The Kier molecular flexibility index (Phi) is 9.97. The Balaban J connectivity index is 0.000000187. The van der Waals surface area contributed by atoms with Crippen molar-refractivity contribution in [3.8, 4) is 33.6 Å². The number of hydrogen-bond donors (Lipinski definition) is 0. The first kappa shape index (κ1) is 32.0. The van der Waals surface area contributed by atoms with Gasteiger partial charge >= 0.3 is 106 Å². The van der Waals surface area contributed by atoms with Crippen LogP contribution in [0.25, 0.3) is 53.8 Å². The maximum atomic E-state index is 4.59. The SMILES string of the molecule is Cc1cc(-c2[c-]cccc2)nc[c]1[Ge]([CH3])([CH3])[CH3].Cc1ccnc(-c2[c-]ccc3c2sc2cc(-c4ccccc4)ccc23)c1.[Ir]. The second-order valence-electron chi connectivity index (χ2n) is 11.9. The predicted octanol–water partition coefficient (Wildman–Crippen LogP) is 10.3. The van der Waals surface area contributed by atoms with Crippen LogP contribution in [0, 0.1) is 26.0 Å². The zero-order valence-electron chi connectivity index (χ0n) is 25.6. The Morgan fingerprint density at radius 3 is 2.18 bits per heavy atom. The van der Waals surface area contributed by atoms with Crippen molar-refractivity contribution < 1.29 is 20.1 Å². The van der Waals surface area contributed by atoms with E-state index in [1.807, 2.05) is 47.9 Å². The molecule has 2 nitrogen and oxygen atoms in total. The number of benzene rings is 4. The van der Waals surface area contributed by atoms with Crippen molar-refractivity contribution in [2.75, 3.05) is 0 Å². The zero-order valence-corrected chi connectivity index (χ0v) is 30.9. The van der Waals surface area contributed by atoms with Crippen LogP contribution in [0.3, 0.4) is 0 Å². The van der Waals surface area contributed by atoms with Gasteiger partial charge in [0.2, 0.25) is 0 Å². The van der Waals surface area contributed by atoms with E-state index in [1.54, 1.807) is 0 Å². The van der Waals surface area contributed by atoms with Crippen molar-refractivity contribution in [1.82, 2.24) is 9.97 Å². The summed E-state index contributed by atoms with van der Waals surface area (Å²) in [4.78, 5) is 9.16. The smallest absolute Gasteiger partial charge is 0.0245 e. The van der Waals surface area contributed by atoms with Crippen LogP contribution in [0.2, 0.25) is 17.3 Å². The average molecular weight is 828 g/mol. The van der Waals surface area contributed by atoms with Crippen LogP contribution in [-0.4, -0.2) is 23.2 Å². The molecule has 1 radical (unpaired) electrons. The molecular formula is C39H34GeIrN2S-2. The van der Waals surface area contributed by atoms with Crippen molar-refractivity contribution in [3.63, 3.8) is 0 Å². The average Bonchev–Trinajstić information content (AvgIpc) is 3.40. The molecule has 44 heavy (non-hydrogen) atoms. The molecule has 3 heterocycles. The van der Waals surface area contributed by atoms with Crippen molar-refractivity contribution >= 4 is 49.2 Å². The maximum absolute atomic E-state index is 4.59. The molecule has 7 aromatic rings. The third-order valence-corrected chi connectivity index (χ3v) is 13.3. The van der Waals surface area contributed by atoms with Crippen LogP contribution >= 0.6 is 11.3 Å². The van der Waals surface area contributed by atoms with Gasteiger partial charge < -0.3 is 4.98 Å². The maximum Gasteiger partial charge on any atom is 0.0245 e. The Morgan fingerprint density at radius 1 is 0.682 bits per heavy atom. The number of hydrogen-bond acceptors (Lipinski definition) is 3. The van der Waals surface area contributed by atoms with Gasteiger partial charge in [0.1, 0.15) is 0 Å². The number of aromatic nitrogens is 2. The van der Waals surface area contributed by atoms with Crippen molar-refractivity contribution in [1.29, 1.82) is 0 Å². The summed E-state index contributed by atoms with van der Waals surface area (Å²) < 4.78 is 4.05. The van der Waals surface area contributed by atoms with Gasteiger partial charge in [-0.05, 0) is 46.0 Å². The minimum atomic E-state index is -1.77. The van der Waals surface area contributed by atoms with Gasteiger partial charge in [-0.3, -0.25) is 0 Å². The van der Waals surface area contributed by atoms with Crippen molar-refractivity contribution in [2.45, 2.75) is 31.1 Å². The molecule has 0 saturated heterocycles. The first-order valence-electron chi connectivity index (χ1n) is 14.6.